The van der Waals surface area contributed by atoms with E-state index in [1.165, 1.54) is 0 Å². The largest absolute Gasteiger partial charge is 0.491 e. The van der Waals surface area contributed by atoms with E-state index in [0.29, 0.717) is 18.7 Å². The number of carbonyl (C=O) groups excluding carboxylic acids is 1. The van der Waals surface area contributed by atoms with Crippen LogP contribution in [0.3, 0.4) is 0 Å². The summed E-state index contributed by atoms with van der Waals surface area (Å²) in [4.78, 5) is 15.6. The van der Waals surface area contributed by atoms with Crippen LogP contribution in [0.25, 0.3) is 0 Å². The molecule has 0 radical (unpaired) electrons. The molecule has 6 nitrogen and oxygen atoms in total. The summed E-state index contributed by atoms with van der Waals surface area (Å²) in [5, 5.41) is 3.72. The Morgan fingerprint density at radius 2 is 1.75 bits per heavy atom. The zero-order valence-corrected chi connectivity index (χ0v) is 18.7. The standard InChI is InChI=1S/C26H32N2O4/c1-2-26(19-11-13-20(14-12-19)32-18-22-8-6-16-31-22)27-24-10-4-3-9-23(24)25(29)28(26)17-21-7-5-15-30-21/h3-4,9-14,21-22,27H,2,5-8,15-18H2,1H3. The number of hydrogen-bond donors (Lipinski definition) is 1. The highest BCUT2D eigenvalue weighted by Crippen LogP contribution is 2.41. The lowest BCUT2D eigenvalue weighted by Gasteiger charge is -2.49. The van der Waals surface area contributed by atoms with Crippen LogP contribution in [-0.4, -0.2) is 49.4 Å². The van der Waals surface area contributed by atoms with Gasteiger partial charge in [0.1, 0.15) is 18.0 Å². The van der Waals surface area contributed by atoms with E-state index in [2.05, 4.69) is 24.4 Å². The molecule has 3 unspecified atom stereocenters. The molecule has 3 atom stereocenters. The number of carbonyl (C=O) groups is 1. The van der Waals surface area contributed by atoms with Gasteiger partial charge in [0.15, 0.2) is 0 Å². The number of hydrogen-bond acceptors (Lipinski definition) is 5. The summed E-state index contributed by atoms with van der Waals surface area (Å²) < 4.78 is 17.5. The lowest BCUT2D eigenvalue weighted by molar-refractivity contribution is 0.0186. The van der Waals surface area contributed by atoms with E-state index in [4.69, 9.17) is 14.2 Å². The van der Waals surface area contributed by atoms with E-state index in [-0.39, 0.29) is 18.1 Å². The Balaban J connectivity index is 1.44. The third-order valence-electron chi connectivity index (χ3n) is 6.92. The second-order valence-corrected chi connectivity index (χ2v) is 8.91. The number of benzene rings is 2. The van der Waals surface area contributed by atoms with Gasteiger partial charge in [-0.2, -0.15) is 0 Å². The summed E-state index contributed by atoms with van der Waals surface area (Å²) >= 11 is 0. The van der Waals surface area contributed by atoms with Crippen molar-refractivity contribution in [2.45, 2.75) is 56.9 Å². The maximum Gasteiger partial charge on any atom is 0.258 e. The molecule has 3 aliphatic heterocycles. The molecule has 0 saturated carbocycles. The fourth-order valence-electron chi connectivity index (χ4n) is 5.12. The molecular weight excluding hydrogens is 404 g/mol. The second kappa shape index (κ2) is 9.12. The van der Waals surface area contributed by atoms with Crippen LogP contribution in [0.15, 0.2) is 48.5 Å². The third kappa shape index (κ3) is 3.97. The average molecular weight is 437 g/mol. The van der Waals surface area contributed by atoms with Gasteiger partial charge in [0.05, 0.1) is 17.8 Å². The van der Waals surface area contributed by atoms with Gasteiger partial charge in [-0.05, 0) is 61.9 Å². The smallest absolute Gasteiger partial charge is 0.258 e. The van der Waals surface area contributed by atoms with Crippen molar-refractivity contribution >= 4 is 11.6 Å². The zero-order chi connectivity index (χ0) is 22.0. The van der Waals surface area contributed by atoms with Gasteiger partial charge < -0.3 is 24.4 Å². The van der Waals surface area contributed by atoms with Crippen LogP contribution in [-0.2, 0) is 15.1 Å². The number of rotatable bonds is 7. The fraction of sp³-hybridized carbons (Fsp3) is 0.500. The van der Waals surface area contributed by atoms with Crippen molar-refractivity contribution in [2.75, 3.05) is 31.7 Å². The monoisotopic (exact) mass is 436 g/mol. The van der Waals surface area contributed by atoms with Gasteiger partial charge in [-0.1, -0.05) is 31.2 Å². The summed E-state index contributed by atoms with van der Waals surface area (Å²) in [6.45, 7) is 4.87. The molecule has 32 heavy (non-hydrogen) atoms. The summed E-state index contributed by atoms with van der Waals surface area (Å²) in [6.07, 6.45) is 5.19. The first-order valence-electron chi connectivity index (χ1n) is 11.9. The quantitative estimate of drug-likeness (QED) is 0.690. The maximum absolute atomic E-state index is 13.7. The van der Waals surface area contributed by atoms with E-state index < -0.39 is 5.66 Å². The highest BCUT2D eigenvalue weighted by atomic mass is 16.5. The molecule has 170 valence electrons. The molecule has 1 amide bonds. The number of ether oxygens (including phenoxy) is 3. The van der Waals surface area contributed by atoms with Crippen molar-refractivity contribution < 1.29 is 19.0 Å². The predicted octanol–water partition coefficient (Wildman–Crippen LogP) is 4.55. The fourth-order valence-corrected chi connectivity index (χ4v) is 5.12. The Kier molecular flexibility index (Phi) is 6.07. The Morgan fingerprint density at radius 1 is 1.03 bits per heavy atom. The molecule has 5 rings (SSSR count). The van der Waals surface area contributed by atoms with Crippen molar-refractivity contribution in [3.63, 3.8) is 0 Å². The molecule has 6 heteroatoms. The van der Waals surface area contributed by atoms with E-state index >= 15 is 0 Å². The number of amides is 1. The van der Waals surface area contributed by atoms with Gasteiger partial charge in [0.25, 0.3) is 5.91 Å². The van der Waals surface area contributed by atoms with E-state index in [9.17, 15) is 4.79 Å². The molecule has 0 aliphatic carbocycles. The lowest BCUT2D eigenvalue weighted by Crippen LogP contribution is -2.59. The highest BCUT2D eigenvalue weighted by Gasteiger charge is 2.45. The maximum atomic E-state index is 13.7. The highest BCUT2D eigenvalue weighted by molar-refractivity contribution is 6.02. The minimum Gasteiger partial charge on any atom is -0.491 e. The van der Waals surface area contributed by atoms with Crippen molar-refractivity contribution in [3.05, 3.63) is 59.7 Å². The van der Waals surface area contributed by atoms with Gasteiger partial charge in [-0.15, -0.1) is 0 Å². The van der Waals surface area contributed by atoms with E-state index in [1.807, 2.05) is 41.3 Å². The summed E-state index contributed by atoms with van der Waals surface area (Å²) in [7, 11) is 0. The van der Waals surface area contributed by atoms with Gasteiger partial charge in [0.2, 0.25) is 0 Å². The van der Waals surface area contributed by atoms with Crippen LogP contribution in [0.5, 0.6) is 5.75 Å². The van der Waals surface area contributed by atoms with E-state index in [1.54, 1.807) is 0 Å². The first-order chi connectivity index (χ1) is 15.7. The number of nitrogens with one attached hydrogen (secondary N) is 1. The Bertz CT molecular complexity index is 935. The van der Waals surface area contributed by atoms with Crippen molar-refractivity contribution in [2.24, 2.45) is 0 Å². The first-order valence-corrected chi connectivity index (χ1v) is 11.9. The van der Waals surface area contributed by atoms with Crippen molar-refractivity contribution in [1.29, 1.82) is 0 Å². The Morgan fingerprint density at radius 3 is 2.44 bits per heavy atom. The molecular formula is C26H32N2O4. The molecule has 1 N–H and O–H groups in total. The van der Waals surface area contributed by atoms with Crippen LogP contribution < -0.4 is 10.1 Å². The second-order valence-electron chi connectivity index (χ2n) is 8.91. The van der Waals surface area contributed by atoms with Crippen LogP contribution in [0.4, 0.5) is 5.69 Å². The molecule has 3 heterocycles. The minimum atomic E-state index is -0.634. The summed E-state index contributed by atoms with van der Waals surface area (Å²) in [6, 6.07) is 15.9. The zero-order valence-electron chi connectivity index (χ0n) is 18.7. The van der Waals surface area contributed by atoms with E-state index in [0.717, 1.165) is 62.3 Å². The molecule has 0 bridgehead atoms. The van der Waals surface area contributed by atoms with Crippen molar-refractivity contribution in [3.8, 4) is 5.75 Å². The molecule has 2 aromatic carbocycles. The summed E-state index contributed by atoms with van der Waals surface area (Å²) in [5.41, 5.74) is 2.00. The van der Waals surface area contributed by atoms with Gasteiger partial charge in [-0.25, -0.2) is 0 Å². The lowest BCUT2D eigenvalue weighted by atomic mass is 9.89. The average Bonchev–Trinajstić information content (AvgIpc) is 3.54. The van der Waals surface area contributed by atoms with Crippen molar-refractivity contribution in [1.82, 2.24) is 4.90 Å². The number of para-hydroxylation sites is 1. The number of fused-ring (bicyclic) bond motifs is 1. The molecule has 2 aromatic rings. The normalized spacial score (nSPS) is 27.3. The molecule has 0 aromatic heterocycles. The molecule has 0 spiro atoms. The van der Waals surface area contributed by atoms with Crippen LogP contribution in [0, 0.1) is 0 Å². The molecule has 2 fully saturated rings. The molecule has 3 aliphatic rings. The Labute approximate surface area is 189 Å². The Hall–Kier alpha value is -2.57. The first kappa shape index (κ1) is 21.3. The molecule has 2 saturated heterocycles. The predicted molar refractivity (Wildman–Crippen MR) is 123 cm³/mol. The van der Waals surface area contributed by atoms with Gasteiger partial charge in [-0.3, -0.25) is 4.79 Å². The SMILES string of the molecule is CCC1(c2ccc(OCC3CCCO3)cc2)Nc2ccccc2C(=O)N1CC1CCCO1. The van der Waals surface area contributed by atoms with Gasteiger partial charge in [0, 0.05) is 25.4 Å². The van der Waals surface area contributed by atoms with Crippen LogP contribution in [0.2, 0.25) is 0 Å². The topological polar surface area (TPSA) is 60.0 Å². The number of anilines is 1. The number of nitrogens with zero attached hydrogens (tertiary/aromatic N) is 1. The third-order valence-corrected chi connectivity index (χ3v) is 6.92. The minimum absolute atomic E-state index is 0.0513. The van der Waals surface area contributed by atoms with Gasteiger partial charge >= 0.3 is 0 Å². The van der Waals surface area contributed by atoms with Crippen LogP contribution in [0.1, 0.15) is 54.9 Å². The summed E-state index contributed by atoms with van der Waals surface area (Å²) in [5.74, 6) is 0.874. The van der Waals surface area contributed by atoms with Crippen LogP contribution >= 0.6 is 0 Å².